The van der Waals surface area contributed by atoms with Crippen molar-refractivity contribution in [1.29, 1.82) is 0 Å². The van der Waals surface area contributed by atoms with Crippen LogP contribution in [-0.4, -0.2) is 130 Å². The van der Waals surface area contributed by atoms with E-state index in [-0.39, 0.29) is 18.7 Å². The second-order valence-electron chi connectivity index (χ2n) is 14.0. The van der Waals surface area contributed by atoms with E-state index < -0.39 is 37.5 Å². The monoisotopic (exact) mass is 1040 g/mol. The molecular formula is C39H60N7O10P5S3+4. The van der Waals surface area contributed by atoms with Crippen LogP contribution >= 0.6 is 49.8 Å². The van der Waals surface area contributed by atoms with Gasteiger partial charge in [0.25, 0.3) is 0 Å². The number of methoxy groups -OCH3 is 1. The van der Waals surface area contributed by atoms with Crippen molar-refractivity contribution in [3.8, 4) is 17.2 Å². The maximum absolute atomic E-state index is 10.7. The van der Waals surface area contributed by atoms with Gasteiger partial charge in [0.1, 0.15) is 5.75 Å². The lowest BCUT2D eigenvalue weighted by Crippen LogP contribution is -2.34. The van der Waals surface area contributed by atoms with Crippen LogP contribution in [0.25, 0.3) is 0 Å². The highest BCUT2D eigenvalue weighted by molar-refractivity contribution is 8.42. The van der Waals surface area contributed by atoms with Crippen molar-refractivity contribution in [3.05, 3.63) is 102 Å². The Hall–Kier alpha value is -1.98. The molecule has 0 saturated heterocycles. The van der Waals surface area contributed by atoms with Crippen LogP contribution in [0.15, 0.2) is 95.2 Å². The molecule has 3 aromatic rings. The second-order valence-corrected chi connectivity index (χ2v) is 25.3. The molecule has 64 heavy (non-hydrogen) atoms. The highest BCUT2D eigenvalue weighted by Gasteiger charge is 2.47. The van der Waals surface area contributed by atoms with Crippen LogP contribution in [0.2, 0.25) is 0 Å². The Labute approximate surface area is 397 Å². The van der Waals surface area contributed by atoms with Crippen molar-refractivity contribution in [1.82, 2.24) is 24.7 Å². The number of hydrazine groups is 1. The van der Waals surface area contributed by atoms with Gasteiger partial charge in [-0.15, -0.1) is 5.10 Å². The van der Waals surface area contributed by atoms with Gasteiger partial charge in [0.2, 0.25) is 31.1 Å². The van der Waals surface area contributed by atoms with Crippen LogP contribution in [0, 0.1) is 5.92 Å². The molecule has 0 spiro atoms. The van der Waals surface area contributed by atoms with E-state index in [0.29, 0.717) is 30.4 Å². The third-order valence-corrected chi connectivity index (χ3v) is 19.4. The molecule has 0 heterocycles. The van der Waals surface area contributed by atoms with Gasteiger partial charge in [-0.25, -0.2) is 15.1 Å². The quantitative estimate of drug-likeness (QED) is 0.0179. The molecule has 0 fully saturated rings. The number of nitrogens with one attached hydrogen (secondary N) is 1. The maximum Gasteiger partial charge on any atom is 0.540 e. The van der Waals surface area contributed by atoms with Crippen molar-refractivity contribution < 1.29 is 46.2 Å². The summed E-state index contributed by atoms with van der Waals surface area (Å²) in [7, 11) is 2.35. The van der Waals surface area contributed by atoms with Gasteiger partial charge in [0.15, 0.2) is 24.1 Å². The Morgan fingerprint density at radius 3 is 1.78 bits per heavy atom. The maximum atomic E-state index is 10.7. The molecule has 3 N–H and O–H groups in total. The smallest absolute Gasteiger partial charge is 0.497 e. The van der Waals surface area contributed by atoms with E-state index in [1.54, 1.807) is 36.1 Å². The van der Waals surface area contributed by atoms with Crippen molar-refractivity contribution in [3.63, 3.8) is 0 Å². The average Bonchev–Trinajstić information content (AvgIpc) is 3.32. The fourth-order valence-electron chi connectivity index (χ4n) is 5.67. The molecule has 5 unspecified atom stereocenters. The number of hydrogen-bond donors (Lipinski definition) is 4. The summed E-state index contributed by atoms with van der Waals surface area (Å²) in [6.07, 6.45) is 10.3. The van der Waals surface area contributed by atoms with E-state index in [9.17, 15) is 9.79 Å². The zero-order chi connectivity index (χ0) is 46.7. The molecule has 1 aliphatic carbocycles. The molecule has 3 aromatic carbocycles. The van der Waals surface area contributed by atoms with Gasteiger partial charge in [-0.1, -0.05) is 41.3 Å². The van der Waals surface area contributed by atoms with E-state index in [1.165, 1.54) is 28.4 Å². The first-order valence-electron chi connectivity index (χ1n) is 19.8. The Kier molecular flexibility index (Phi) is 23.7. The third-order valence-electron chi connectivity index (χ3n) is 9.61. The summed E-state index contributed by atoms with van der Waals surface area (Å²) >= 11 is 16.0. The number of rotatable bonds is 28. The molecule has 0 bridgehead atoms. The molecule has 0 amide bonds. The number of thiol groups is 1. The lowest BCUT2D eigenvalue weighted by molar-refractivity contribution is 0.192. The lowest BCUT2D eigenvalue weighted by atomic mass is 9.94. The molecule has 0 aromatic heterocycles. The second kappa shape index (κ2) is 27.7. The predicted octanol–water partition coefficient (Wildman–Crippen LogP) is 8.73. The summed E-state index contributed by atoms with van der Waals surface area (Å²) in [5, 5.41) is 8.99. The van der Waals surface area contributed by atoms with Crippen LogP contribution in [0.4, 0.5) is 0 Å². The lowest BCUT2D eigenvalue weighted by Gasteiger charge is -2.27. The van der Waals surface area contributed by atoms with Crippen LogP contribution in [0.1, 0.15) is 29.5 Å². The van der Waals surface area contributed by atoms with Crippen molar-refractivity contribution in [2.75, 3.05) is 82.4 Å². The fraction of sp³-hybridized carbons (Fsp3) is 0.436. The number of benzene rings is 3. The SMILES string of the molecule is COc1ccc(/C=N\N(C)P(S)OC2C=CC(CNN(C)[P+](=S)Oc3ccc(/C=N\N(C)[P+](=S)Oc4ccc(CCN(C[P+](O)(OC)OC)C[P+](O)(OC)OC)cc4)cc3)CC2)cc1. The van der Waals surface area contributed by atoms with E-state index in [1.807, 2.05) is 96.6 Å². The standard InChI is InChI=1S/C39H60N7O10P5S3/c1-43(40-27-33-11-17-36(49-4)18-12-33)58(63)55-38-21-15-35(16-22-38)29-42-45(3)59(64)56-39-23-13-34(14-24-39)28-41-44(2)57(62)54-37-19-9-32(10-20-37)25-26-46(30-60(47,50-5)51-6)31-61(48,52-7)53-8/h9-15,17-21,23-24,27-28,35,38,42,47-48,63H,16,22,25-26,29-31H2,1-8H3/q+4/b40-27-,41-28-. The molecule has 4 rings (SSSR count). The number of hydrazone groups is 2. The molecule has 25 heteroatoms. The molecule has 0 aliphatic heterocycles. The minimum atomic E-state index is -3.15. The van der Waals surface area contributed by atoms with Crippen LogP contribution in [-0.2, 0) is 52.7 Å². The zero-order valence-electron chi connectivity index (χ0n) is 37.2. The Bertz CT molecular complexity index is 1970. The molecular weight excluding hydrogens is 978 g/mol. The van der Waals surface area contributed by atoms with Gasteiger partial charge in [-0.05, 0) is 107 Å². The Morgan fingerprint density at radius 2 is 1.27 bits per heavy atom. The molecule has 1 aliphatic rings. The molecule has 350 valence electrons. The fourth-order valence-corrected chi connectivity index (χ4v) is 11.3. The molecule has 17 nitrogen and oxygen atoms in total. The van der Waals surface area contributed by atoms with Gasteiger partial charge in [0.05, 0.1) is 68.2 Å². The van der Waals surface area contributed by atoms with Crippen LogP contribution < -0.4 is 19.2 Å². The predicted molar refractivity (Wildman–Crippen MR) is 271 cm³/mol. The summed E-state index contributed by atoms with van der Waals surface area (Å²) in [4.78, 5) is 23.2. The Morgan fingerprint density at radius 1 is 0.750 bits per heavy atom. The van der Waals surface area contributed by atoms with Crippen LogP contribution in [0.3, 0.4) is 0 Å². The highest BCUT2D eigenvalue weighted by Crippen LogP contribution is 2.60. The first-order valence-corrected chi connectivity index (χ1v) is 30.1. The normalized spacial score (nSPS) is 16.7. The summed E-state index contributed by atoms with van der Waals surface area (Å²) in [6, 6.07) is 22.8. The summed E-state index contributed by atoms with van der Waals surface area (Å²) in [5.41, 5.74) is 6.23. The van der Waals surface area contributed by atoms with Gasteiger partial charge in [-0.3, -0.25) is 9.05 Å². The first-order chi connectivity index (χ1) is 30.6. The average molecular weight is 1040 g/mol. The largest absolute Gasteiger partial charge is 0.540 e. The number of hydrogen-bond acceptors (Lipinski definition) is 18. The van der Waals surface area contributed by atoms with Gasteiger partial charge < -0.3 is 9.26 Å². The summed E-state index contributed by atoms with van der Waals surface area (Å²) < 4.78 is 49.6. The third kappa shape index (κ3) is 18.6. The number of nitrogens with zero attached hydrogens (tertiary/aromatic N) is 6. The van der Waals surface area contributed by atoms with Crippen molar-refractivity contribution in [2.45, 2.75) is 25.4 Å². The van der Waals surface area contributed by atoms with E-state index in [4.69, 9.17) is 60.0 Å². The van der Waals surface area contributed by atoms with Crippen molar-refractivity contribution in [2.24, 2.45) is 16.1 Å². The Balaban J connectivity index is 1.16. The van der Waals surface area contributed by atoms with Gasteiger partial charge in [0, 0.05) is 20.1 Å². The van der Waals surface area contributed by atoms with E-state index in [2.05, 4.69) is 40.0 Å². The van der Waals surface area contributed by atoms with Gasteiger partial charge in [-0.2, -0.15) is 33.0 Å². The van der Waals surface area contributed by atoms with E-state index >= 15 is 0 Å². The van der Waals surface area contributed by atoms with E-state index in [0.717, 1.165) is 41.8 Å². The van der Waals surface area contributed by atoms with Crippen molar-refractivity contribution >= 4 is 85.8 Å². The summed E-state index contributed by atoms with van der Waals surface area (Å²) in [6.45, 7) is 1.19. The highest BCUT2D eigenvalue weighted by atomic mass is 32.7. The summed E-state index contributed by atoms with van der Waals surface area (Å²) in [5.74, 6) is 2.39. The topological polar surface area (TPSA) is 164 Å². The number of ether oxygens (including phenoxy) is 1. The molecule has 0 radical (unpaired) electrons. The first kappa shape index (κ1) is 54.6. The molecule has 5 atom stereocenters. The van der Waals surface area contributed by atoms with Gasteiger partial charge >= 0.3 is 30.0 Å². The minimum Gasteiger partial charge on any atom is -0.497 e. The minimum absolute atomic E-state index is 0.0257. The van der Waals surface area contributed by atoms with Crippen LogP contribution in [0.5, 0.6) is 17.2 Å². The zero-order valence-corrected chi connectivity index (χ0v) is 44.2. The molecule has 0 saturated carbocycles.